The molecule has 0 radical (unpaired) electrons. The predicted octanol–water partition coefficient (Wildman–Crippen LogP) is 2.89. The van der Waals surface area contributed by atoms with Crippen LogP contribution in [0.5, 0.6) is 5.75 Å². The Balaban J connectivity index is 2.71. The highest BCUT2D eigenvalue weighted by Gasteiger charge is 2.21. The zero-order chi connectivity index (χ0) is 17.1. The van der Waals surface area contributed by atoms with Crippen molar-refractivity contribution in [3.8, 4) is 5.75 Å². The summed E-state index contributed by atoms with van der Waals surface area (Å²) < 4.78 is 22.0. The highest BCUT2D eigenvalue weighted by Crippen LogP contribution is 2.14. The Labute approximate surface area is 136 Å². The van der Waals surface area contributed by atoms with Gasteiger partial charge in [0.15, 0.2) is 0 Å². The van der Waals surface area contributed by atoms with Crippen LogP contribution in [-0.2, 0) is 9.53 Å². The second-order valence-electron chi connectivity index (χ2n) is 5.11. The fourth-order valence-corrected chi connectivity index (χ4v) is 2.11. The molecule has 1 rings (SSSR count). The molecule has 0 aliphatic heterocycles. The number of ether oxygens (including phenoxy) is 2. The molecule has 0 heterocycles. The Morgan fingerprint density at radius 2 is 2.09 bits per heavy atom. The first-order valence-electron chi connectivity index (χ1n) is 7.79. The predicted molar refractivity (Wildman–Crippen MR) is 85.3 cm³/mol. The first-order chi connectivity index (χ1) is 11.1. The molecule has 0 spiro atoms. The molecule has 1 aromatic rings. The van der Waals surface area contributed by atoms with Gasteiger partial charge in [-0.25, -0.2) is 9.18 Å². The van der Waals surface area contributed by atoms with Crippen LogP contribution in [-0.4, -0.2) is 38.3 Å². The van der Waals surface area contributed by atoms with E-state index in [2.05, 4.69) is 12.2 Å². The molecule has 6 heteroatoms. The van der Waals surface area contributed by atoms with E-state index in [1.807, 2.05) is 0 Å². The number of hydrogen-bond acceptors (Lipinski definition) is 4. The summed E-state index contributed by atoms with van der Waals surface area (Å²) >= 11 is 0. The topological polar surface area (TPSA) is 64.6 Å². The summed E-state index contributed by atoms with van der Waals surface area (Å²) in [5, 5.41) is 2.68. The van der Waals surface area contributed by atoms with Crippen LogP contribution in [0.1, 0.15) is 43.0 Å². The lowest BCUT2D eigenvalue weighted by Gasteiger charge is -2.16. The van der Waals surface area contributed by atoms with Gasteiger partial charge in [0.05, 0.1) is 7.11 Å². The molecule has 1 amide bonds. The van der Waals surface area contributed by atoms with Crippen LogP contribution < -0.4 is 10.1 Å². The van der Waals surface area contributed by atoms with Crippen molar-refractivity contribution in [1.29, 1.82) is 0 Å². The van der Waals surface area contributed by atoms with E-state index in [1.54, 1.807) is 18.2 Å². The van der Waals surface area contributed by atoms with Gasteiger partial charge >= 0.3 is 5.97 Å². The molecule has 0 bridgehead atoms. The molecule has 0 aromatic heterocycles. The van der Waals surface area contributed by atoms with Crippen molar-refractivity contribution in [3.63, 3.8) is 0 Å². The molecular formula is C17H24FNO4. The van der Waals surface area contributed by atoms with Gasteiger partial charge in [0.25, 0.3) is 5.91 Å². The van der Waals surface area contributed by atoms with E-state index >= 15 is 0 Å². The normalized spacial score (nSPS) is 11.6. The summed E-state index contributed by atoms with van der Waals surface area (Å²) in [6, 6.07) is 5.75. The lowest BCUT2D eigenvalue weighted by atomic mass is 10.1. The number of methoxy groups -OCH3 is 1. The number of unbranched alkanes of at least 4 members (excludes halogenated alkanes) is 2. The highest BCUT2D eigenvalue weighted by molar-refractivity contribution is 5.97. The number of nitrogens with one attached hydrogen (secondary N) is 1. The molecular weight excluding hydrogens is 301 g/mol. The van der Waals surface area contributed by atoms with Gasteiger partial charge < -0.3 is 14.8 Å². The van der Waals surface area contributed by atoms with Crippen molar-refractivity contribution in [1.82, 2.24) is 5.32 Å². The number of rotatable bonds is 10. The van der Waals surface area contributed by atoms with E-state index in [0.717, 1.165) is 19.3 Å². The number of hydrogen-bond donors (Lipinski definition) is 1. The van der Waals surface area contributed by atoms with Gasteiger partial charge in [-0.2, -0.15) is 0 Å². The van der Waals surface area contributed by atoms with Gasteiger partial charge in [-0.15, -0.1) is 0 Å². The third kappa shape index (κ3) is 6.67. The van der Waals surface area contributed by atoms with E-state index in [0.29, 0.717) is 17.7 Å². The van der Waals surface area contributed by atoms with Crippen molar-refractivity contribution in [3.05, 3.63) is 29.8 Å². The molecule has 0 aliphatic carbocycles. The Morgan fingerprint density at radius 1 is 1.30 bits per heavy atom. The number of alkyl halides is 1. The minimum absolute atomic E-state index is 0.0626. The van der Waals surface area contributed by atoms with Crippen LogP contribution in [0.15, 0.2) is 24.3 Å². The first kappa shape index (κ1) is 18.9. The summed E-state index contributed by atoms with van der Waals surface area (Å²) in [6.07, 6.45) is 3.37. The lowest BCUT2D eigenvalue weighted by Crippen LogP contribution is -2.41. The Kier molecular flexibility index (Phi) is 8.72. The van der Waals surface area contributed by atoms with E-state index in [4.69, 9.17) is 9.47 Å². The van der Waals surface area contributed by atoms with Crippen molar-refractivity contribution in [2.45, 2.75) is 38.6 Å². The number of halogens is 1. The van der Waals surface area contributed by atoms with Crippen molar-refractivity contribution >= 4 is 11.9 Å². The monoisotopic (exact) mass is 325 g/mol. The van der Waals surface area contributed by atoms with Gasteiger partial charge in [-0.1, -0.05) is 32.3 Å². The number of benzene rings is 1. The zero-order valence-corrected chi connectivity index (χ0v) is 13.6. The minimum Gasteiger partial charge on any atom is -0.491 e. The summed E-state index contributed by atoms with van der Waals surface area (Å²) in [4.78, 5) is 24.1. The first-order valence-corrected chi connectivity index (χ1v) is 7.79. The summed E-state index contributed by atoms with van der Waals surface area (Å²) in [5.41, 5.74) is 0.353. The molecule has 1 aromatic carbocycles. The van der Waals surface area contributed by atoms with Crippen LogP contribution in [0.25, 0.3) is 0 Å². The van der Waals surface area contributed by atoms with Gasteiger partial charge in [0, 0.05) is 5.56 Å². The average Bonchev–Trinajstić information content (AvgIpc) is 2.58. The molecule has 128 valence electrons. The van der Waals surface area contributed by atoms with Crippen LogP contribution in [0.4, 0.5) is 4.39 Å². The maximum absolute atomic E-state index is 12.3. The summed E-state index contributed by atoms with van der Waals surface area (Å²) in [5.74, 6) is -0.433. The Hall–Kier alpha value is -2.11. The SMILES string of the molecule is CCCCC[C@H](NC(=O)c1cccc(OCCF)c1)C(=O)OC. The quantitative estimate of drug-likeness (QED) is 0.531. The lowest BCUT2D eigenvalue weighted by molar-refractivity contribution is -0.143. The zero-order valence-electron chi connectivity index (χ0n) is 13.6. The van der Waals surface area contributed by atoms with E-state index in [9.17, 15) is 14.0 Å². The molecule has 0 unspecified atom stereocenters. The Morgan fingerprint density at radius 3 is 2.74 bits per heavy atom. The highest BCUT2D eigenvalue weighted by atomic mass is 19.1. The maximum Gasteiger partial charge on any atom is 0.328 e. The van der Waals surface area contributed by atoms with Crippen molar-refractivity contribution < 1.29 is 23.5 Å². The molecule has 23 heavy (non-hydrogen) atoms. The van der Waals surface area contributed by atoms with Crippen molar-refractivity contribution in [2.24, 2.45) is 0 Å². The van der Waals surface area contributed by atoms with Crippen molar-refractivity contribution in [2.75, 3.05) is 20.4 Å². The third-order valence-corrected chi connectivity index (χ3v) is 3.33. The van der Waals surface area contributed by atoms with Crippen LogP contribution in [0.3, 0.4) is 0 Å². The number of esters is 1. The van der Waals surface area contributed by atoms with Crippen LogP contribution >= 0.6 is 0 Å². The second-order valence-corrected chi connectivity index (χ2v) is 5.11. The molecule has 1 atom stereocenters. The fraction of sp³-hybridized carbons (Fsp3) is 0.529. The molecule has 0 saturated heterocycles. The molecule has 0 fully saturated rings. The molecule has 0 saturated carbocycles. The molecule has 5 nitrogen and oxygen atoms in total. The Bertz CT molecular complexity index is 507. The van der Waals surface area contributed by atoms with Crippen LogP contribution in [0, 0.1) is 0 Å². The molecule has 0 aliphatic rings. The van der Waals surface area contributed by atoms with E-state index in [1.165, 1.54) is 13.2 Å². The number of carbonyl (C=O) groups is 2. The summed E-state index contributed by atoms with van der Waals surface area (Å²) in [6.45, 7) is 1.40. The maximum atomic E-state index is 12.3. The standard InChI is InChI=1S/C17H24FNO4/c1-3-4-5-9-15(17(21)22-2)19-16(20)13-7-6-8-14(12-13)23-11-10-18/h6-8,12,15H,3-5,9-11H2,1-2H3,(H,19,20)/t15-/m0/s1. The fourth-order valence-electron chi connectivity index (χ4n) is 2.11. The van der Waals surface area contributed by atoms with E-state index < -0.39 is 18.7 Å². The van der Waals surface area contributed by atoms with Gasteiger partial charge in [0.1, 0.15) is 25.1 Å². The van der Waals surface area contributed by atoms with Gasteiger partial charge in [-0.05, 0) is 24.6 Å². The third-order valence-electron chi connectivity index (χ3n) is 3.33. The van der Waals surface area contributed by atoms with E-state index in [-0.39, 0.29) is 12.5 Å². The molecule has 1 N–H and O–H groups in total. The summed E-state index contributed by atoms with van der Waals surface area (Å²) in [7, 11) is 1.30. The second kappa shape index (κ2) is 10.6. The largest absolute Gasteiger partial charge is 0.491 e. The van der Waals surface area contributed by atoms with Gasteiger partial charge in [0.2, 0.25) is 0 Å². The number of amides is 1. The smallest absolute Gasteiger partial charge is 0.328 e. The minimum atomic E-state index is -0.672. The number of carbonyl (C=O) groups excluding carboxylic acids is 2. The van der Waals surface area contributed by atoms with Crippen LogP contribution in [0.2, 0.25) is 0 Å². The van der Waals surface area contributed by atoms with Gasteiger partial charge in [-0.3, -0.25) is 4.79 Å². The average molecular weight is 325 g/mol.